The second kappa shape index (κ2) is 7.26. The van der Waals surface area contributed by atoms with Crippen LogP contribution in [0.3, 0.4) is 0 Å². The third-order valence-electron chi connectivity index (χ3n) is 4.04. The Kier molecular flexibility index (Phi) is 4.45. The van der Waals surface area contributed by atoms with E-state index in [1.807, 2.05) is 0 Å². The molecule has 3 heterocycles. The first-order chi connectivity index (χ1) is 14.2. The molecule has 0 spiro atoms. The lowest BCUT2D eigenvalue weighted by Crippen LogP contribution is -1.97. The van der Waals surface area contributed by atoms with Crippen LogP contribution in [0.15, 0.2) is 75.3 Å². The first-order valence-electron chi connectivity index (χ1n) is 8.42. The van der Waals surface area contributed by atoms with Crippen LogP contribution in [0, 0.1) is 5.82 Å². The Hall–Kier alpha value is -3.30. The van der Waals surface area contributed by atoms with Gasteiger partial charge in [0, 0.05) is 10.6 Å². The smallest absolute Gasteiger partial charge is 0.283 e. The van der Waals surface area contributed by atoms with Crippen LogP contribution in [0.4, 0.5) is 4.39 Å². The summed E-state index contributed by atoms with van der Waals surface area (Å²) < 4.78 is 21.3. The molecule has 0 amide bonds. The van der Waals surface area contributed by atoms with Crippen molar-refractivity contribution in [1.29, 1.82) is 0 Å². The lowest BCUT2D eigenvalue weighted by Gasteiger charge is -2.02. The largest absolute Gasteiger partial charge is 0.411 e. The number of nitrogens with zero attached hydrogens (tertiary/aromatic N) is 6. The molecule has 7 nitrogen and oxygen atoms in total. The van der Waals surface area contributed by atoms with E-state index in [0.717, 1.165) is 5.56 Å². The molecular formula is C19H10ClFN6OS. The topological polar surface area (TPSA) is 82.0 Å². The molecule has 0 aliphatic rings. The van der Waals surface area contributed by atoms with Gasteiger partial charge in [-0.3, -0.25) is 0 Å². The van der Waals surface area contributed by atoms with Crippen molar-refractivity contribution < 1.29 is 8.81 Å². The van der Waals surface area contributed by atoms with E-state index >= 15 is 0 Å². The predicted molar refractivity (Wildman–Crippen MR) is 105 cm³/mol. The number of rotatable bonds is 4. The van der Waals surface area contributed by atoms with Gasteiger partial charge >= 0.3 is 0 Å². The first-order valence-corrected chi connectivity index (χ1v) is 9.61. The van der Waals surface area contributed by atoms with Gasteiger partial charge in [0.05, 0.1) is 5.56 Å². The Bertz CT molecular complexity index is 1320. The van der Waals surface area contributed by atoms with Gasteiger partial charge < -0.3 is 4.42 Å². The predicted octanol–water partition coefficient (Wildman–Crippen LogP) is 4.79. The van der Waals surface area contributed by atoms with E-state index in [2.05, 4.69) is 25.5 Å². The van der Waals surface area contributed by atoms with Crippen LogP contribution in [0.25, 0.3) is 28.5 Å². The average Bonchev–Trinajstić information content (AvgIpc) is 3.36. The Morgan fingerprint density at radius 3 is 2.55 bits per heavy atom. The third kappa shape index (κ3) is 3.45. The molecule has 5 rings (SSSR count). The Morgan fingerprint density at radius 2 is 1.72 bits per heavy atom. The van der Waals surface area contributed by atoms with E-state index in [1.165, 1.54) is 22.3 Å². The highest BCUT2D eigenvalue weighted by Gasteiger charge is 2.15. The molecule has 0 unspecified atom stereocenters. The fourth-order valence-corrected chi connectivity index (χ4v) is 3.45. The highest BCUT2D eigenvalue weighted by atomic mass is 35.5. The summed E-state index contributed by atoms with van der Waals surface area (Å²) in [6, 6.07) is 16.9. The molecule has 0 atom stereocenters. The highest BCUT2D eigenvalue weighted by Crippen LogP contribution is 2.29. The molecule has 0 N–H and O–H groups in total. The summed E-state index contributed by atoms with van der Waals surface area (Å²) in [4.78, 5) is 0. The maximum atomic E-state index is 14.2. The number of hydrogen-bond donors (Lipinski definition) is 0. The molecule has 0 bridgehead atoms. The SMILES string of the molecule is Fc1ccccc1-c1nnc2ccc(Sc3nnc(-c4ccc(Cl)cc4)o3)nn12. The zero-order valence-corrected chi connectivity index (χ0v) is 16.1. The van der Waals surface area contributed by atoms with Crippen LogP contribution in [0.1, 0.15) is 0 Å². The van der Waals surface area contributed by atoms with Gasteiger partial charge in [0.1, 0.15) is 10.8 Å². The minimum absolute atomic E-state index is 0.313. The zero-order valence-electron chi connectivity index (χ0n) is 14.5. The zero-order chi connectivity index (χ0) is 19.8. The number of aromatic nitrogens is 6. The summed E-state index contributed by atoms with van der Waals surface area (Å²) in [5.41, 5.74) is 1.58. The van der Waals surface area contributed by atoms with E-state index in [0.29, 0.717) is 38.2 Å². The molecule has 29 heavy (non-hydrogen) atoms. The molecule has 0 fully saturated rings. The normalized spacial score (nSPS) is 11.2. The standard InChI is InChI=1S/C19H10ClFN6OS/c20-12-7-5-11(6-8-12)18-24-25-19(28-18)29-16-10-9-15-22-23-17(27(15)26-16)13-3-1-2-4-14(13)21/h1-10H. The van der Waals surface area contributed by atoms with Crippen molar-refractivity contribution in [3.8, 4) is 22.8 Å². The molecule has 2 aromatic carbocycles. The number of benzene rings is 2. The van der Waals surface area contributed by atoms with E-state index in [1.54, 1.807) is 54.6 Å². The summed E-state index contributed by atoms with van der Waals surface area (Å²) in [5, 5.41) is 22.2. The van der Waals surface area contributed by atoms with Crippen LogP contribution in [-0.2, 0) is 0 Å². The Balaban J connectivity index is 1.46. The van der Waals surface area contributed by atoms with Gasteiger partial charge in [-0.05, 0) is 60.3 Å². The molecule has 0 saturated carbocycles. The van der Waals surface area contributed by atoms with E-state index in [-0.39, 0.29) is 0 Å². The molecule has 142 valence electrons. The maximum absolute atomic E-state index is 14.2. The van der Waals surface area contributed by atoms with Crippen molar-refractivity contribution in [3.63, 3.8) is 0 Å². The van der Waals surface area contributed by atoms with Gasteiger partial charge in [0.2, 0.25) is 5.89 Å². The molecule has 0 radical (unpaired) electrons. The van der Waals surface area contributed by atoms with Gasteiger partial charge in [-0.15, -0.1) is 20.4 Å². The maximum Gasteiger partial charge on any atom is 0.283 e. The Morgan fingerprint density at radius 1 is 0.897 bits per heavy atom. The minimum atomic E-state index is -0.397. The second-order valence-electron chi connectivity index (χ2n) is 5.93. The van der Waals surface area contributed by atoms with Crippen LogP contribution in [0.2, 0.25) is 5.02 Å². The number of hydrogen-bond acceptors (Lipinski definition) is 7. The molecule has 5 aromatic rings. The van der Waals surface area contributed by atoms with Gasteiger partial charge in [-0.1, -0.05) is 23.7 Å². The lowest BCUT2D eigenvalue weighted by atomic mass is 10.2. The van der Waals surface area contributed by atoms with Crippen LogP contribution in [-0.4, -0.2) is 30.0 Å². The fraction of sp³-hybridized carbons (Fsp3) is 0. The highest BCUT2D eigenvalue weighted by molar-refractivity contribution is 7.99. The quantitative estimate of drug-likeness (QED) is 0.410. The molecule has 3 aromatic heterocycles. The summed E-state index contributed by atoms with van der Waals surface area (Å²) >= 11 is 7.09. The van der Waals surface area contributed by atoms with Crippen molar-refractivity contribution in [2.45, 2.75) is 10.2 Å². The van der Waals surface area contributed by atoms with E-state index in [9.17, 15) is 4.39 Å². The summed E-state index contributed by atoms with van der Waals surface area (Å²) in [7, 11) is 0. The van der Waals surface area contributed by atoms with Crippen molar-refractivity contribution in [2.24, 2.45) is 0 Å². The van der Waals surface area contributed by atoms with Gasteiger partial charge in [-0.25, -0.2) is 4.39 Å². The van der Waals surface area contributed by atoms with Gasteiger partial charge in [0.15, 0.2) is 11.5 Å². The van der Waals surface area contributed by atoms with E-state index < -0.39 is 5.82 Å². The lowest BCUT2D eigenvalue weighted by molar-refractivity contribution is 0.465. The molecule has 0 aliphatic carbocycles. The van der Waals surface area contributed by atoms with Crippen molar-refractivity contribution >= 4 is 29.0 Å². The van der Waals surface area contributed by atoms with Crippen LogP contribution >= 0.6 is 23.4 Å². The molecule has 0 aliphatic heterocycles. The summed E-state index contributed by atoms with van der Waals surface area (Å²) in [5.74, 6) is 0.292. The monoisotopic (exact) mass is 424 g/mol. The fourth-order valence-electron chi connectivity index (χ4n) is 2.69. The van der Waals surface area contributed by atoms with Gasteiger partial charge in [0.25, 0.3) is 5.22 Å². The molecule has 10 heteroatoms. The number of halogens is 2. The van der Waals surface area contributed by atoms with Crippen molar-refractivity contribution in [1.82, 2.24) is 30.0 Å². The van der Waals surface area contributed by atoms with Crippen molar-refractivity contribution in [3.05, 3.63) is 71.5 Å². The van der Waals surface area contributed by atoms with Crippen LogP contribution in [0.5, 0.6) is 0 Å². The summed E-state index contributed by atoms with van der Waals surface area (Å²) in [6.45, 7) is 0. The first kappa shape index (κ1) is 17.8. The summed E-state index contributed by atoms with van der Waals surface area (Å²) in [6.07, 6.45) is 0. The second-order valence-corrected chi connectivity index (χ2v) is 7.34. The van der Waals surface area contributed by atoms with Crippen LogP contribution < -0.4 is 0 Å². The minimum Gasteiger partial charge on any atom is -0.411 e. The van der Waals surface area contributed by atoms with Gasteiger partial charge in [-0.2, -0.15) is 9.61 Å². The average molecular weight is 425 g/mol. The van der Waals surface area contributed by atoms with E-state index in [4.69, 9.17) is 16.0 Å². The van der Waals surface area contributed by atoms with Crippen molar-refractivity contribution in [2.75, 3.05) is 0 Å². The molecular weight excluding hydrogens is 415 g/mol. The number of fused-ring (bicyclic) bond motifs is 1. The Labute approximate surface area is 172 Å². The third-order valence-corrected chi connectivity index (χ3v) is 5.06. The molecule has 0 saturated heterocycles.